The largest absolute Gasteiger partial charge is 0.353 e. The molecule has 0 spiro atoms. The molecule has 0 bridgehead atoms. The number of hydrogen-bond acceptors (Lipinski definition) is 3. The summed E-state index contributed by atoms with van der Waals surface area (Å²) in [5.74, 6) is 0.0812. The van der Waals surface area contributed by atoms with E-state index in [9.17, 15) is 4.79 Å². The fourth-order valence-corrected chi connectivity index (χ4v) is 2.40. The van der Waals surface area contributed by atoms with Crippen molar-refractivity contribution < 1.29 is 4.79 Å². The minimum absolute atomic E-state index is 0.0812. The Balaban J connectivity index is 2.65. The number of likely N-dealkylation sites (N-methyl/N-ethyl adjacent to an activating group) is 2. The van der Waals surface area contributed by atoms with Crippen LogP contribution in [0.25, 0.3) is 0 Å². The first-order valence-corrected chi connectivity index (χ1v) is 7.89. The number of carbonyl (C=O) groups is 1. The molecule has 1 aromatic rings. The van der Waals surface area contributed by atoms with Gasteiger partial charge in [-0.2, -0.15) is 0 Å². The second-order valence-corrected chi connectivity index (χ2v) is 5.20. The maximum atomic E-state index is 12.5. The molecule has 0 aliphatic carbocycles. The molecule has 4 heteroatoms. The van der Waals surface area contributed by atoms with Gasteiger partial charge in [-0.25, -0.2) is 0 Å². The lowest BCUT2D eigenvalue weighted by Gasteiger charge is -2.27. The fourth-order valence-electron chi connectivity index (χ4n) is 2.40. The third kappa shape index (κ3) is 5.48. The molecular formula is C17H29N3O. The molecule has 0 saturated heterocycles. The van der Waals surface area contributed by atoms with E-state index in [1.54, 1.807) is 0 Å². The maximum Gasteiger partial charge on any atom is 0.241 e. The van der Waals surface area contributed by atoms with Crippen LogP contribution in [0.4, 0.5) is 0 Å². The molecule has 118 valence electrons. The summed E-state index contributed by atoms with van der Waals surface area (Å²) in [5.41, 5.74) is 1.04. The molecule has 1 N–H and O–H groups in total. The molecule has 0 heterocycles. The van der Waals surface area contributed by atoms with Crippen LogP contribution in [0.15, 0.2) is 30.3 Å². The van der Waals surface area contributed by atoms with Crippen molar-refractivity contribution in [2.24, 2.45) is 0 Å². The molecule has 0 aromatic heterocycles. The molecule has 0 radical (unpaired) electrons. The average Bonchev–Trinajstić information content (AvgIpc) is 2.52. The summed E-state index contributed by atoms with van der Waals surface area (Å²) in [5, 5.41) is 3.07. The summed E-state index contributed by atoms with van der Waals surface area (Å²) < 4.78 is 0. The second-order valence-electron chi connectivity index (χ2n) is 5.20. The van der Waals surface area contributed by atoms with Crippen LogP contribution in [-0.2, 0) is 4.79 Å². The Hall–Kier alpha value is -1.39. The van der Waals surface area contributed by atoms with E-state index < -0.39 is 0 Å². The van der Waals surface area contributed by atoms with E-state index in [1.807, 2.05) is 37.4 Å². The summed E-state index contributed by atoms with van der Waals surface area (Å²) in [6, 6.07) is 9.75. The molecule has 21 heavy (non-hydrogen) atoms. The Morgan fingerprint density at radius 2 is 1.71 bits per heavy atom. The first kappa shape index (κ1) is 17.7. The normalized spacial score (nSPS) is 12.7. The first-order valence-electron chi connectivity index (χ1n) is 7.89. The number of carbonyl (C=O) groups excluding carboxylic acids is 1. The minimum Gasteiger partial charge on any atom is -0.353 e. The highest BCUT2D eigenvalue weighted by molar-refractivity contribution is 5.83. The summed E-state index contributed by atoms with van der Waals surface area (Å²) >= 11 is 0. The molecule has 0 saturated carbocycles. The molecule has 4 nitrogen and oxygen atoms in total. The summed E-state index contributed by atoms with van der Waals surface area (Å²) in [7, 11) is 1.99. The third-order valence-electron chi connectivity index (χ3n) is 3.92. The number of benzene rings is 1. The van der Waals surface area contributed by atoms with Gasteiger partial charge >= 0.3 is 0 Å². The summed E-state index contributed by atoms with van der Waals surface area (Å²) in [6.07, 6.45) is 0. The first-order chi connectivity index (χ1) is 10.1. The number of rotatable bonds is 9. The maximum absolute atomic E-state index is 12.5. The zero-order valence-electron chi connectivity index (χ0n) is 13.8. The number of nitrogens with zero attached hydrogens (tertiary/aromatic N) is 2. The van der Waals surface area contributed by atoms with Crippen LogP contribution in [0.1, 0.15) is 32.4 Å². The molecule has 0 aliphatic rings. The molecule has 1 amide bonds. The van der Waals surface area contributed by atoms with Crippen LogP contribution in [-0.4, -0.2) is 55.5 Å². The molecular weight excluding hydrogens is 262 g/mol. The molecule has 0 unspecified atom stereocenters. The quantitative estimate of drug-likeness (QED) is 0.757. The number of amides is 1. The Labute approximate surface area is 129 Å². The lowest BCUT2D eigenvalue weighted by atomic mass is 10.0. The Morgan fingerprint density at radius 3 is 2.24 bits per heavy atom. The summed E-state index contributed by atoms with van der Waals surface area (Å²) in [6.45, 7) is 10.8. The number of nitrogens with one attached hydrogen (secondary N) is 1. The van der Waals surface area contributed by atoms with E-state index in [1.165, 1.54) is 0 Å². The van der Waals surface area contributed by atoms with E-state index in [2.05, 4.69) is 35.9 Å². The predicted molar refractivity (Wildman–Crippen MR) is 88.3 cm³/mol. The van der Waals surface area contributed by atoms with Crippen LogP contribution in [0.2, 0.25) is 0 Å². The Morgan fingerprint density at radius 1 is 1.10 bits per heavy atom. The standard InChI is InChI=1S/C17H29N3O/c1-5-19(4)16(15-11-9-8-10-12-15)17(21)18-13-14-20(6-2)7-3/h8-12,16H,5-7,13-14H2,1-4H3,(H,18,21)/t16-/m0/s1. The van der Waals surface area contributed by atoms with Crippen LogP contribution in [0.5, 0.6) is 0 Å². The van der Waals surface area contributed by atoms with Crippen molar-refractivity contribution in [3.63, 3.8) is 0 Å². The van der Waals surface area contributed by atoms with Crippen molar-refractivity contribution in [3.05, 3.63) is 35.9 Å². The zero-order valence-corrected chi connectivity index (χ0v) is 13.8. The Kier molecular flexibility index (Phi) is 8.01. The van der Waals surface area contributed by atoms with Gasteiger partial charge in [0.2, 0.25) is 5.91 Å². The van der Waals surface area contributed by atoms with E-state index in [4.69, 9.17) is 0 Å². The van der Waals surface area contributed by atoms with Gasteiger partial charge in [0.05, 0.1) is 0 Å². The fraction of sp³-hybridized carbons (Fsp3) is 0.588. The minimum atomic E-state index is -0.215. The SMILES string of the molecule is CCN(CC)CCNC(=O)[C@H](c1ccccc1)N(C)CC. The highest BCUT2D eigenvalue weighted by atomic mass is 16.2. The van der Waals surface area contributed by atoms with Crippen LogP contribution in [0, 0.1) is 0 Å². The highest BCUT2D eigenvalue weighted by Gasteiger charge is 2.23. The molecule has 0 aliphatic heterocycles. The van der Waals surface area contributed by atoms with Gasteiger partial charge in [-0.15, -0.1) is 0 Å². The van der Waals surface area contributed by atoms with Crippen LogP contribution < -0.4 is 5.32 Å². The van der Waals surface area contributed by atoms with Crippen molar-refractivity contribution in [2.75, 3.05) is 39.8 Å². The highest BCUT2D eigenvalue weighted by Crippen LogP contribution is 2.18. The van der Waals surface area contributed by atoms with Crippen molar-refractivity contribution in [1.82, 2.24) is 15.1 Å². The Bertz CT molecular complexity index is 404. The third-order valence-corrected chi connectivity index (χ3v) is 3.92. The van der Waals surface area contributed by atoms with Gasteiger partial charge in [0.15, 0.2) is 0 Å². The topological polar surface area (TPSA) is 35.6 Å². The molecule has 1 atom stereocenters. The van der Waals surface area contributed by atoms with Gasteiger partial charge in [-0.1, -0.05) is 51.1 Å². The predicted octanol–water partition coefficient (Wildman–Crippen LogP) is 2.14. The van der Waals surface area contributed by atoms with E-state index >= 15 is 0 Å². The summed E-state index contributed by atoms with van der Waals surface area (Å²) in [4.78, 5) is 16.9. The van der Waals surface area contributed by atoms with Gasteiger partial charge in [0, 0.05) is 13.1 Å². The van der Waals surface area contributed by atoms with Crippen molar-refractivity contribution in [1.29, 1.82) is 0 Å². The molecule has 1 rings (SSSR count). The van der Waals surface area contributed by atoms with Crippen molar-refractivity contribution in [3.8, 4) is 0 Å². The van der Waals surface area contributed by atoms with Gasteiger partial charge in [0.1, 0.15) is 6.04 Å². The monoisotopic (exact) mass is 291 g/mol. The number of hydrogen-bond donors (Lipinski definition) is 1. The second kappa shape index (κ2) is 9.53. The zero-order chi connectivity index (χ0) is 15.7. The smallest absolute Gasteiger partial charge is 0.241 e. The molecule has 0 fully saturated rings. The lowest BCUT2D eigenvalue weighted by molar-refractivity contribution is -0.126. The van der Waals surface area contributed by atoms with Crippen LogP contribution >= 0.6 is 0 Å². The van der Waals surface area contributed by atoms with Gasteiger partial charge < -0.3 is 10.2 Å². The van der Waals surface area contributed by atoms with Gasteiger partial charge in [-0.05, 0) is 32.2 Å². The lowest BCUT2D eigenvalue weighted by Crippen LogP contribution is -2.41. The van der Waals surface area contributed by atoms with Crippen LogP contribution in [0.3, 0.4) is 0 Å². The van der Waals surface area contributed by atoms with Gasteiger partial charge in [0.25, 0.3) is 0 Å². The van der Waals surface area contributed by atoms with Crippen molar-refractivity contribution >= 4 is 5.91 Å². The van der Waals surface area contributed by atoms with E-state index in [0.717, 1.165) is 31.7 Å². The van der Waals surface area contributed by atoms with Gasteiger partial charge in [-0.3, -0.25) is 9.69 Å². The van der Waals surface area contributed by atoms with Crippen molar-refractivity contribution in [2.45, 2.75) is 26.8 Å². The van der Waals surface area contributed by atoms with E-state index in [-0.39, 0.29) is 11.9 Å². The molecule has 1 aromatic carbocycles. The van der Waals surface area contributed by atoms with E-state index in [0.29, 0.717) is 6.54 Å². The average molecular weight is 291 g/mol.